The van der Waals surface area contributed by atoms with E-state index >= 15 is 0 Å². The maximum atomic E-state index is 12.4. The maximum Gasteiger partial charge on any atom is 0.185 e. The Labute approximate surface area is 161 Å². The monoisotopic (exact) mass is 368 g/mol. The Bertz CT molecular complexity index is 747. The number of rotatable bonds is 11. The van der Waals surface area contributed by atoms with E-state index in [-0.39, 0.29) is 5.78 Å². The highest BCUT2D eigenvalue weighted by Gasteiger charge is 2.06. The average Bonchev–Trinajstić information content (AvgIpc) is 2.70. The van der Waals surface area contributed by atoms with Crippen LogP contribution >= 0.6 is 0 Å². The predicted octanol–water partition coefficient (Wildman–Crippen LogP) is 5.56. The minimum atomic E-state index is -0.0641. The van der Waals surface area contributed by atoms with Crippen LogP contribution in [0.1, 0.15) is 49.5 Å². The van der Waals surface area contributed by atoms with E-state index in [9.17, 15) is 4.79 Å². The Morgan fingerprint density at radius 3 is 2.19 bits per heavy atom. The summed E-state index contributed by atoms with van der Waals surface area (Å²) < 4.78 is 16.9. The molecule has 0 saturated heterocycles. The molecular formula is C23H28O4. The van der Waals surface area contributed by atoms with Crippen molar-refractivity contribution >= 4 is 11.9 Å². The van der Waals surface area contributed by atoms with Crippen LogP contribution in [-0.4, -0.2) is 25.6 Å². The van der Waals surface area contributed by atoms with E-state index in [1.807, 2.05) is 25.1 Å². The normalized spacial score (nSPS) is 10.8. The van der Waals surface area contributed by atoms with Gasteiger partial charge in [0.25, 0.3) is 0 Å². The van der Waals surface area contributed by atoms with E-state index in [1.165, 1.54) is 0 Å². The molecule has 0 aliphatic heterocycles. The second kappa shape index (κ2) is 11.1. The minimum absolute atomic E-state index is 0.0641. The molecule has 27 heavy (non-hydrogen) atoms. The lowest BCUT2D eigenvalue weighted by atomic mass is 10.1. The van der Waals surface area contributed by atoms with Crippen LogP contribution < -0.4 is 14.2 Å². The Balaban J connectivity index is 2.14. The molecule has 0 spiro atoms. The molecule has 144 valence electrons. The molecule has 0 aromatic heterocycles. The topological polar surface area (TPSA) is 44.8 Å². The molecule has 0 aliphatic rings. The van der Waals surface area contributed by atoms with Gasteiger partial charge in [0.1, 0.15) is 17.2 Å². The summed E-state index contributed by atoms with van der Waals surface area (Å²) in [6.45, 7) is 7.94. The first-order valence-electron chi connectivity index (χ1n) is 9.52. The van der Waals surface area contributed by atoms with Crippen molar-refractivity contribution in [3.8, 4) is 17.2 Å². The molecule has 0 radical (unpaired) electrons. The SMILES string of the molecule is CCCOc1ccc(/C=C/C(=O)c2ccc(OCC)cc2)c(OCCC)c1. The van der Waals surface area contributed by atoms with E-state index in [4.69, 9.17) is 14.2 Å². The second-order valence-corrected chi connectivity index (χ2v) is 6.05. The van der Waals surface area contributed by atoms with Crippen LogP contribution in [0.2, 0.25) is 0 Å². The molecule has 0 unspecified atom stereocenters. The fraction of sp³-hybridized carbons (Fsp3) is 0.348. The van der Waals surface area contributed by atoms with Crippen molar-refractivity contribution in [3.63, 3.8) is 0 Å². The summed E-state index contributed by atoms with van der Waals surface area (Å²) in [6.07, 6.45) is 5.21. The van der Waals surface area contributed by atoms with Gasteiger partial charge in [-0.05, 0) is 68.3 Å². The molecule has 0 amide bonds. The summed E-state index contributed by atoms with van der Waals surface area (Å²) in [5.41, 5.74) is 1.47. The van der Waals surface area contributed by atoms with Crippen LogP contribution in [0.15, 0.2) is 48.5 Å². The van der Waals surface area contributed by atoms with E-state index in [2.05, 4.69) is 13.8 Å². The first kappa shape index (κ1) is 20.6. The zero-order chi connectivity index (χ0) is 19.5. The van der Waals surface area contributed by atoms with Crippen LogP contribution in [0, 0.1) is 0 Å². The zero-order valence-electron chi connectivity index (χ0n) is 16.4. The van der Waals surface area contributed by atoms with Crippen molar-refractivity contribution in [3.05, 3.63) is 59.7 Å². The van der Waals surface area contributed by atoms with Crippen LogP contribution in [0.25, 0.3) is 6.08 Å². The molecule has 4 heteroatoms. The van der Waals surface area contributed by atoms with Crippen LogP contribution in [0.4, 0.5) is 0 Å². The van der Waals surface area contributed by atoms with E-state index < -0.39 is 0 Å². The average molecular weight is 368 g/mol. The van der Waals surface area contributed by atoms with Crippen LogP contribution in [-0.2, 0) is 0 Å². The van der Waals surface area contributed by atoms with Crippen molar-refractivity contribution in [1.29, 1.82) is 0 Å². The highest BCUT2D eigenvalue weighted by molar-refractivity contribution is 6.07. The van der Waals surface area contributed by atoms with Gasteiger partial charge in [0.15, 0.2) is 5.78 Å². The molecule has 2 aromatic rings. The number of benzene rings is 2. The third-order valence-corrected chi connectivity index (χ3v) is 3.78. The number of ketones is 1. The van der Waals surface area contributed by atoms with Crippen molar-refractivity contribution in [2.75, 3.05) is 19.8 Å². The van der Waals surface area contributed by atoms with Gasteiger partial charge in [-0.3, -0.25) is 4.79 Å². The summed E-state index contributed by atoms with van der Waals surface area (Å²) in [4.78, 5) is 12.4. The van der Waals surface area contributed by atoms with E-state index in [0.29, 0.717) is 25.4 Å². The second-order valence-electron chi connectivity index (χ2n) is 6.05. The highest BCUT2D eigenvalue weighted by atomic mass is 16.5. The van der Waals surface area contributed by atoms with Gasteiger partial charge in [-0.2, -0.15) is 0 Å². The smallest absolute Gasteiger partial charge is 0.185 e. The molecular weight excluding hydrogens is 340 g/mol. The van der Waals surface area contributed by atoms with Gasteiger partial charge in [-0.1, -0.05) is 13.8 Å². The number of hydrogen-bond donors (Lipinski definition) is 0. The lowest BCUT2D eigenvalue weighted by Gasteiger charge is -2.11. The van der Waals surface area contributed by atoms with E-state index in [1.54, 1.807) is 36.4 Å². The van der Waals surface area contributed by atoms with Gasteiger partial charge in [0.05, 0.1) is 19.8 Å². The van der Waals surface area contributed by atoms with Crippen molar-refractivity contribution in [2.45, 2.75) is 33.6 Å². The summed E-state index contributed by atoms with van der Waals surface area (Å²) in [5, 5.41) is 0. The van der Waals surface area contributed by atoms with Gasteiger partial charge < -0.3 is 14.2 Å². The minimum Gasteiger partial charge on any atom is -0.494 e. The van der Waals surface area contributed by atoms with Crippen molar-refractivity contribution in [2.24, 2.45) is 0 Å². The van der Waals surface area contributed by atoms with Gasteiger partial charge in [-0.15, -0.1) is 0 Å². The molecule has 2 aromatic carbocycles. The largest absolute Gasteiger partial charge is 0.494 e. The number of carbonyl (C=O) groups is 1. The molecule has 0 heterocycles. The molecule has 0 saturated carbocycles. The van der Waals surface area contributed by atoms with Crippen LogP contribution in [0.5, 0.6) is 17.2 Å². The predicted molar refractivity (Wildman–Crippen MR) is 109 cm³/mol. The first-order valence-corrected chi connectivity index (χ1v) is 9.52. The molecule has 4 nitrogen and oxygen atoms in total. The Kier molecular flexibility index (Phi) is 8.43. The first-order chi connectivity index (χ1) is 13.2. The highest BCUT2D eigenvalue weighted by Crippen LogP contribution is 2.27. The number of allylic oxidation sites excluding steroid dienone is 1. The van der Waals surface area contributed by atoms with Crippen molar-refractivity contribution < 1.29 is 19.0 Å². The quantitative estimate of drug-likeness (QED) is 0.385. The van der Waals surface area contributed by atoms with Crippen LogP contribution in [0.3, 0.4) is 0 Å². The number of hydrogen-bond acceptors (Lipinski definition) is 4. The Morgan fingerprint density at radius 1 is 0.852 bits per heavy atom. The van der Waals surface area contributed by atoms with Gasteiger partial charge in [-0.25, -0.2) is 0 Å². The summed E-state index contributed by atoms with van der Waals surface area (Å²) in [5.74, 6) is 2.20. The third kappa shape index (κ3) is 6.48. The summed E-state index contributed by atoms with van der Waals surface area (Å²) in [7, 11) is 0. The van der Waals surface area contributed by atoms with Gasteiger partial charge in [0, 0.05) is 17.2 Å². The van der Waals surface area contributed by atoms with Gasteiger partial charge >= 0.3 is 0 Å². The third-order valence-electron chi connectivity index (χ3n) is 3.78. The lowest BCUT2D eigenvalue weighted by Crippen LogP contribution is -2.00. The van der Waals surface area contributed by atoms with Gasteiger partial charge in [0.2, 0.25) is 0 Å². The fourth-order valence-electron chi connectivity index (χ4n) is 2.44. The fourth-order valence-corrected chi connectivity index (χ4v) is 2.44. The molecule has 0 aliphatic carbocycles. The molecule has 0 bridgehead atoms. The lowest BCUT2D eigenvalue weighted by molar-refractivity contribution is 0.104. The number of ether oxygens (including phenoxy) is 3. The molecule has 0 fully saturated rings. The maximum absolute atomic E-state index is 12.4. The standard InChI is InChI=1S/C23H28O4/c1-4-15-26-21-13-9-19(23(17-21)27-16-5-2)10-14-22(24)18-7-11-20(12-8-18)25-6-3/h7-14,17H,4-6,15-16H2,1-3H3/b14-10+. The summed E-state index contributed by atoms with van der Waals surface area (Å²) >= 11 is 0. The molecule has 0 atom stereocenters. The molecule has 0 N–H and O–H groups in total. The molecule has 2 rings (SSSR count). The Hall–Kier alpha value is -2.75. The Morgan fingerprint density at radius 2 is 1.52 bits per heavy atom. The van der Waals surface area contributed by atoms with E-state index in [0.717, 1.165) is 35.7 Å². The van der Waals surface area contributed by atoms with Crippen molar-refractivity contribution in [1.82, 2.24) is 0 Å². The summed E-state index contributed by atoms with van der Waals surface area (Å²) in [6, 6.07) is 12.8. The number of carbonyl (C=O) groups excluding carboxylic acids is 1. The zero-order valence-corrected chi connectivity index (χ0v) is 16.4.